The van der Waals surface area contributed by atoms with Gasteiger partial charge < -0.3 is 10.5 Å². The molecule has 15 heavy (non-hydrogen) atoms. The molecule has 2 aromatic heterocycles. The molecule has 0 aliphatic rings. The average molecular weight is 206 g/mol. The highest BCUT2D eigenvalue weighted by atomic mass is 16.5. The fraction of sp³-hybridized carbons (Fsp3) is 0.250. The molecular formula is C8H10N6O. The van der Waals surface area contributed by atoms with Crippen molar-refractivity contribution < 1.29 is 4.74 Å². The van der Waals surface area contributed by atoms with Crippen LogP contribution < -0.4 is 10.5 Å². The predicted octanol–water partition coefficient (Wildman–Crippen LogP) is 0.0382. The highest BCUT2D eigenvalue weighted by Gasteiger charge is 2.04. The normalized spacial score (nSPS) is 10.2. The van der Waals surface area contributed by atoms with Gasteiger partial charge in [0, 0.05) is 12.3 Å². The average Bonchev–Trinajstić information content (AvgIpc) is 2.66. The molecule has 78 valence electrons. The minimum absolute atomic E-state index is 0.181. The highest BCUT2D eigenvalue weighted by Crippen LogP contribution is 2.07. The van der Waals surface area contributed by atoms with E-state index in [4.69, 9.17) is 10.5 Å². The molecule has 0 atom stereocenters. The van der Waals surface area contributed by atoms with Crippen LogP contribution in [0.3, 0.4) is 0 Å². The summed E-state index contributed by atoms with van der Waals surface area (Å²) in [5.41, 5.74) is 5.38. The second-order valence-electron chi connectivity index (χ2n) is 2.68. The van der Waals surface area contributed by atoms with Crippen LogP contribution in [-0.2, 0) is 0 Å². The van der Waals surface area contributed by atoms with Crippen molar-refractivity contribution >= 4 is 5.95 Å². The summed E-state index contributed by atoms with van der Waals surface area (Å²) in [7, 11) is 0. The summed E-state index contributed by atoms with van der Waals surface area (Å²) in [5.74, 6) is 1.06. The number of nitrogen functional groups attached to an aromatic ring is 1. The first-order chi connectivity index (χ1) is 7.29. The fourth-order valence-electron chi connectivity index (χ4n) is 1.04. The van der Waals surface area contributed by atoms with E-state index in [1.807, 2.05) is 6.92 Å². The van der Waals surface area contributed by atoms with Gasteiger partial charge in [0.05, 0.1) is 6.61 Å². The lowest BCUT2D eigenvalue weighted by molar-refractivity contribution is 0.325. The first kappa shape index (κ1) is 9.38. The second kappa shape index (κ2) is 3.91. The molecule has 2 N–H and O–H groups in total. The summed E-state index contributed by atoms with van der Waals surface area (Å²) in [4.78, 5) is 11.9. The quantitative estimate of drug-likeness (QED) is 0.762. The maximum Gasteiger partial charge on any atom is 0.255 e. The van der Waals surface area contributed by atoms with Crippen LogP contribution in [0.15, 0.2) is 18.6 Å². The Balaban J connectivity index is 2.32. The van der Waals surface area contributed by atoms with Gasteiger partial charge in [-0.05, 0) is 6.92 Å². The summed E-state index contributed by atoms with van der Waals surface area (Å²) in [6.45, 7) is 2.44. The maximum absolute atomic E-state index is 5.38. The number of ether oxygens (including phenoxy) is 1. The largest absolute Gasteiger partial charge is 0.478 e. The minimum atomic E-state index is 0.181. The van der Waals surface area contributed by atoms with Crippen LogP contribution in [-0.4, -0.2) is 31.3 Å². The Morgan fingerprint density at radius 2 is 2.33 bits per heavy atom. The molecule has 7 nitrogen and oxygen atoms in total. The van der Waals surface area contributed by atoms with Crippen molar-refractivity contribution in [2.45, 2.75) is 6.92 Å². The molecule has 0 radical (unpaired) electrons. The summed E-state index contributed by atoms with van der Waals surface area (Å²) < 4.78 is 6.62. The van der Waals surface area contributed by atoms with Crippen molar-refractivity contribution in [1.29, 1.82) is 0 Å². The first-order valence-electron chi connectivity index (χ1n) is 4.43. The Morgan fingerprint density at radius 1 is 1.47 bits per heavy atom. The van der Waals surface area contributed by atoms with Gasteiger partial charge in [-0.25, -0.2) is 9.97 Å². The van der Waals surface area contributed by atoms with Gasteiger partial charge in [0.2, 0.25) is 11.8 Å². The number of aromatic nitrogens is 5. The molecule has 0 saturated carbocycles. The molecule has 2 heterocycles. The van der Waals surface area contributed by atoms with Gasteiger partial charge in [-0.1, -0.05) is 0 Å². The van der Waals surface area contributed by atoms with Crippen molar-refractivity contribution in [2.24, 2.45) is 0 Å². The lowest BCUT2D eigenvalue weighted by Gasteiger charge is -2.02. The van der Waals surface area contributed by atoms with Gasteiger partial charge in [-0.15, -0.1) is 5.10 Å². The number of anilines is 1. The molecule has 0 bridgehead atoms. The lowest BCUT2D eigenvalue weighted by atomic mass is 10.6. The van der Waals surface area contributed by atoms with Crippen molar-refractivity contribution in [3.63, 3.8) is 0 Å². The monoisotopic (exact) mass is 206 g/mol. The zero-order valence-corrected chi connectivity index (χ0v) is 8.16. The Kier molecular flexibility index (Phi) is 2.44. The number of hydrogen-bond acceptors (Lipinski definition) is 6. The van der Waals surface area contributed by atoms with Gasteiger partial charge >= 0.3 is 0 Å². The molecule has 0 aromatic carbocycles. The topological polar surface area (TPSA) is 91.7 Å². The highest BCUT2D eigenvalue weighted by molar-refractivity contribution is 5.19. The van der Waals surface area contributed by atoms with E-state index >= 15 is 0 Å². The van der Waals surface area contributed by atoms with E-state index in [0.717, 1.165) is 0 Å². The maximum atomic E-state index is 5.38. The van der Waals surface area contributed by atoms with Crippen LogP contribution >= 0.6 is 0 Å². The zero-order valence-electron chi connectivity index (χ0n) is 8.16. The number of nitrogens with zero attached hydrogens (tertiary/aromatic N) is 5. The molecule has 2 rings (SSSR count). The molecule has 0 amide bonds. The van der Waals surface area contributed by atoms with E-state index in [2.05, 4.69) is 20.1 Å². The number of nitrogens with two attached hydrogens (primary N) is 1. The van der Waals surface area contributed by atoms with Gasteiger partial charge in [-0.3, -0.25) is 0 Å². The summed E-state index contributed by atoms with van der Waals surface area (Å²) in [6, 6.07) is 1.67. The molecular weight excluding hydrogens is 196 g/mol. The molecule has 0 saturated heterocycles. The van der Waals surface area contributed by atoms with Crippen molar-refractivity contribution in [3.05, 3.63) is 18.6 Å². The minimum Gasteiger partial charge on any atom is -0.478 e. The van der Waals surface area contributed by atoms with E-state index in [1.54, 1.807) is 12.3 Å². The predicted molar refractivity (Wildman–Crippen MR) is 52.5 cm³/mol. The molecule has 0 spiro atoms. The van der Waals surface area contributed by atoms with Gasteiger partial charge in [-0.2, -0.15) is 9.67 Å². The second-order valence-corrected chi connectivity index (χ2v) is 2.68. The lowest BCUT2D eigenvalue weighted by Crippen LogP contribution is -2.04. The van der Waals surface area contributed by atoms with E-state index in [1.165, 1.54) is 11.0 Å². The molecule has 0 unspecified atom stereocenters. The number of hydrogen-bond donors (Lipinski definition) is 1. The van der Waals surface area contributed by atoms with Crippen molar-refractivity contribution in [1.82, 2.24) is 24.7 Å². The fourth-order valence-corrected chi connectivity index (χ4v) is 1.04. The van der Waals surface area contributed by atoms with Crippen LogP contribution in [0.25, 0.3) is 5.95 Å². The van der Waals surface area contributed by atoms with E-state index in [9.17, 15) is 0 Å². The molecule has 0 fully saturated rings. The van der Waals surface area contributed by atoms with Crippen LogP contribution in [0, 0.1) is 0 Å². The van der Waals surface area contributed by atoms with Gasteiger partial charge in [0.25, 0.3) is 5.95 Å². The zero-order chi connectivity index (χ0) is 10.7. The standard InChI is InChI=1S/C8H10N6O/c1-2-15-6-3-4-10-8(12-6)14-5-11-7(9)13-14/h3-5H,2H2,1H3,(H2,9,13). The molecule has 2 aromatic rings. The van der Waals surface area contributed by atoms with Gasteiger partial charge in [0.15, 0.2) is 0 Å². The first-order valence-corrected chi connectivity index (χ1v) is 4.43. The Morgan fingerprint density at radius 3 is 3.00 bits per heavy atom. The Hall–Kier alpha value is -2.18. The molecule has 0 aliphatic heterocycles. The van der Waals surface area contributed by atoms with E-state index < -0.39 is 0 Å². The van der Waals surface area contributed by atoms with Crippen LogP contribution in [0.1, 0.15) is 6.92 Å². The van der Waals surface area contributed by atoms with Crippen LogP contribution in [0.5, 0.6) is 5.88 Å². The summed E-state index contributed by atoms with van der Waals surface area (Å²) in [6.07, 6.45) is 3.03. The van der Waals surface area contributed by atoms with E-state index in [-0.39, 0.29) is 5.95 Å². The number of rotatable bonds is 3. The molecule has 0 aliphatic carbocycles. The van der Waals surface area contributed by atoms with Gasteiger partial charge in [0.1, 0.15) is 6.33 Å². The SMILES string of the molecule is CCOc1ccnc(-n2cnc(N)n2)n1. The van der Waals surface area contributed by atoms with Crippen molar-refractivity contribution in [2.75, 3.05) is 12.3 Å². The van der Waals surface area contributed by atoms with E-state index in [0.29, 0.717) is 18.4 Å². The third-order valence-electron chi connectivity index (χ3n) is 1.62. The molecule has 7 heteroatoms. The van der Waals surface area contributed by atoms with Crippen LogP contribution in [0.4, 0.5) is 5.95 Å². The van der Waals surface area contributed by atoms with Crippen LogP contribution in [0.2, 0.25) is 0 Å². The smallest absolute Gasteiger partial charge is 0.255 e. The van der Waals surface area contributed by atoms with Crippen molar-refractivity contribution in [3.8, 4) is 11.8 Å². The summed E-state index contributed by atoms with van der Waals surface area (Å²) in [5, 5.41) is 3.88. The third-order valence-corrected chi connectivity index (χ3v) is 1.62. The third kappa shape index (κ3) is 2.01. The Bertz CT molecular complexity index is 454. The summed E-state index contributed by atoms with van der Waals surface area (Å²) >= 11 is 0. The Labute approximate surface area is 85.9 Å².